The van der Waals surface area contributed by atoms with E-state index >= 15 is 0 Å². The van der Waals surface area contributed by atoms with Gasteiger partial charge in [-0.05, 0) is 57.6 Å². The van der Waals surface area contributed by atoms with Crippen molar-refractivity contribution in [3.8, 4) is 0 Å². The lowest BCUT2D eigenvalue weighted by Crippen LogP contribution is -2.42. The molecule has 1 saturated carbocycles. The number of amides is 1. The van der Waals surface area contributed by atoms with Crippen molar-refractivity contribution in [1.29, 1.82) is 0 Å². The van der Waals surface area contributed by atoms with Gasteiger partial charge in [0, 0.05) is 19.1 Å². The van der Waals surface area contributed by atoms with Crippen LogP contribution in [0.4, 0.5) is 4.79 Å². The molecule has 1 amide bonds. The minimum absolute atomic E-state index is 0.237. The first kappa shape index (κ1) is 15.4. The maximum atomic E-state index is 12.0. The van der Waals surface area contributed by atoms with E-state index in [4.69, 9.17) is 9.15 Å². The summed E-state index contributed by atoms with van der Waals surface area (Å²) in [4.78, 5) is 14.4. The fraction of sp³-hybridized carbons (Fsp3) is 0.706. The second-order valence-corrected chi connectivity index (χ2v) is 7.53. The Labute approximate surface area is 132 Å². The van der Waals surface area contributed by atoms with Crippen LogP contribution in [0.3, 0.4) is 0 Å². The summed E-state index contributed by atoms with van der Waals surface area (Å²) >= 11 is 0. The van der Waals surface area contributed by atoms with Gasteiger partial charge in [0.05, 0.1) is 12.8 Å². The molecule has 0 radical (unpaired) electrons. The summed E-state index contributed by atoms with van der Waals surface area (Å²) in [5, 5.41) is 3.07. The standard InChI is InChI=1S/C17H26N2O3/c1-17(2,3)22-16(20)18-15-7-6-12-9-19(11-14(12)15)10-13-5-4-8-21-13/h4-5,8,12,14-15H,6-7,9-11H2,1-3H3,(H,18,20)/t12-,14+,15+/m0/s1. The SMILES string of the molecule is CC(C)(C)OC(=O)N[C@@H]1CC[C@H]2CN(Cc3ccco3)C[C@H]21. The zero-order chi connectivity index (χ0) is 15.7. The Kier molecular flexibility index (Phi) is 4.17. The summed E-state index contributed by atoms with van der Waals surface area (Å²) in [7, 11) is 0. The molecular formula is C17H26N2O3. The second-order valence-electron chi connectivity index (χ2n) is 7.53. The van der Waals surface area contributed by atoms with Crippen LogP contribution < -0.4 is 5.32 Å². The van der Waals surface area contributed by atoms with Gasteiger partial charge in [-0.2, -0.15) is 0 Å². The van der Waals surface area contributed by atoms with Crippen LogP contribution in [-0.2, 0) is 11.3 Å². The Bertz CT molecular complexity index is 506. The van der Waals surface area contributed by atoms with Crippen LogP contribution in [-0.4, -0.2) is 35.7 Å². The highest BCUT2D eigenvalue weighted by atomic mass is 16.6. The van der Waals surface area contributed by atoms with Crippen molar-refractivity contribution in [2.45, 2.75) is 51.8 Å². The molecule has 1 aliphatic carbocycles. The summed E-state index contributed by atoms with van der Waals surface area (Å²) in [5.41, 5.74) is -0.441. The molecule has 1 aromatic heterocycles. The van der Waals surface area contributed by atoms with Crippen molar-refractivity contribution >= 4 is 6.09 Å². The van der Waals surface area contributed by atoms with Gasteiger partial charge in [-0.3, -0.25) is 4.90 Å². The van der Waals surface area contributed by atoms with Gasteiger partial charge >= 0.3 is 6.09 Å². The number of ether oxygens (including phenoxy) is 1. The molecule has 5 heteroatoms. The third-order valence-electron chi connectivity index (χ3n) is 4.59. The number of furan rings is 1. The minimum Gasteiger partial charge on any atom is -0.468 e. The largest absolute Gasteiger partial charge is 0.468 e. The van der Waals surface area contributed by atoms with Crippen molar-refractivity contribution in [2.24, 2.45) is 11.8 Å². The molecule has 5 nitrogen and oxygen atoms in total. The van der Waals surface area contributed by atoms with Crippen LogP contribution in [0.1, 0.15) is 39.4 Å². The molecule has 3 rings (SSSR count). The normalized spacial score (nSPS) is 28.6. The molecule has 0 aromatic carbocycles. The van der Waals surface area contributed by atoms with Gasteiger partial charge in [0.2, 0.25) is 0 Å². The van der Waals surface area contributed by atoms with Crippen LogP contribution in [0.2, 0.25) is 0 Å². The maximum Gasteiger partial charge on any atom is 0.407 e. The van der Waals surface area contributed by atoms with Gasteiger partial charge < -0.3 is 14.5 Å². The molecule has 0 bridgehead atoms. The van der Waals surface area contributed by atoms with Crippen molar-refractivity contribution < 1.29 is 13.9 Å². The Morgan fingerprint density at radius 2 is 2.23 bits per heavy atom. The second kappa shape index (κ2) is 5.95. The molecule has 122 valence electrons. The van der Waals surface area contributed by atoms with E-state index in [0.717, 1.165) is 31.8 Å². The van der Waals surface area contributed by atoms with Gasteiger partial charge in [0.15, 0.2) is 0 Å². The van der Waals surface area contributed by atoms with Crippen LogP contribution in [0, 0.1) is 11.8 Å². The van der Waals surface area contributed by atoms with Crippen LogP contribution in [0.5, 0.6) is 0 Å². The van der Waals surface area contributed by atoms with Crippen molar-refractivity contribution in [1.82, 2.24) is 10.2 Å². The number of carbonyl (C=O) groups excluding carboxylic acids is 1. The molecule has 2 heterocycles. The highest BCUT2D eigenvalue weighted by molar-refractivity contribution is 5.68. The number of carbonyl (C=O) groups is 1. The van der Waals surface area contributed by atoms with E-state index in [1.54, 1.807) is 6.26 Å². The molecule has 1 N–H and O–H groups in total. The van der Waals surface area contributed by atoms with E-state index in [-0.39, 0.29) is 12.1 Å². The van der Waals surface area contributed by atoms with Gasteiger partial charge in [-0.15, -0.1) is 0 Å². The molecular weight excluding hydrogens is 280 g/mol. The van der Waals surface area contributed by atoms with E-state index in [1.807, 2.05) is 32.9 Å². The van der Waals surface area contributed by atoms with Gasteiger partial charge in [-0.25, -0.2) is 4.79 Å². The number of likely N-dealkylation sites (tertiary alicyclic amines) is 1. The summed E-state index contributed by atoms with van der Waals surface area (Å²) in [5.74, 6) is 2.22. The number of nitrogens with zero attached hydrogens (tertiary/aromatic N) is 1. The first-order chi connectivity index (χ1) is 10.4. The third kappa shape index (κ3) is 3.64. The lowest BCUT2D eigenvalue weighted by atomic mass is 9.98. The summed E-state index contributed by atoms with van der Waals surface area (Å²) in [6.45, 7) is 8.66. The number of rotatable bonds is 3. The molecule has 0 spiro atoms. The van der Waals surface area contributed by atoms with Crippen molar-refractivity contribution in [3.05, 3.63) is 24.2 Å². The lowest BCUT2D eigenvalue weighted by molar-refractivity contribution is 0.0491. The number of hydrogen-bond acceptors (Lipinski definition) is 4. The summed E-state index contributed by atoms with van der Waals surface area (Å²) in [6.07, 6.45) is 3.67. The fourth-order valence-electron chi connectivity index (χ4n) is 3.75. The fourth-order valence-corrected chi connectivity index (χ4v) is 3.75. The Hall–Kier alpha value is -1.49. The first-order valence-electron chi connectivity index (χ1n) is 8.15. The lowest BCUT2D eigenvalue weighted by Gasteiger charge is -2.24. The number of alkyl carbamates (subject to hydrolysis) is 1. The van der Waals surface area contributed by atoms with Crippen LogP contribution >= 0.6 is 0 Å². The van der Waals surface area contributed by atoms with Gasteiger partial charge in [0.25, 0.3) is 0 Å². The number of nitrogens with one attached hydrogen (secondary N) is 1. The van der Waals surface area contributed by atoms with E-state index in [2.05, 4.69) is 10.2 Å². The van der Waals surface area contributed by atoms with Crippen LogP contribution in [0.25, 0.3) is 0 Å². The average molecular weight is 306 g/mol. The topological polar surface area (TPSA) is 54.7 Å². The van der Waals surface area contributed by atoms with E-state index in [0.29, 0.717) is 11.8 Å². The first-order valence-corrected chi connectivity index (χ1v) is 8.15. The monoisotopic (exact) mass is 306 g/mol. The summed E-state index contributed by atoms with van der Waals surface area (Å²) in [6, 6.07) is 4.19. The van der Waals surface area contributed by atoms with Gasteiger partial charge in [0.1, 0.15) is 11.4 Å². The Morgan fingerprint density at radius 3 is 2.91 bits per heavy atom. The predicted octanol–water partition coefficient (Wildman–Crippen LogP) is 3.01. The molecule has 2 aliphatic rings. The molecule has 1 aromatic rings. The van der Waals surface area contributed by atoms with E-state index in [1.165, 1.54) is 6.42 Å². The Balaban J connectivity index is 1.53. The maximum absolute atomic E-state index is 12.0. The number of hydrogen-bond donors (Lipinski definition) is 1. The molecule has 22 heavy (non-hydrogen) atoms. The zero-order valence-corrected chi connectivity index (χ0v) is 13.7. The molecule has 1 aliphatic heterocycles. The van der Waals surface area contributed by atoms with E-state index in [9.17, 15) is 4.79 Å². The highest BCUT2D eigenvalue weighted by Gasteiger charge is 2.43. The summed E-state index contributed by atoms with van der Waals surface area (Å²) < 4.78 is 10.8. The molecule has 2 fully saturated rings. The van der Waals surface area contributed by atoms with Crippen molar-refractivity contribution in [2.75, 3.05) is 13.1 Å². The molecule has 3 atom stereocenters. The quantitative estimate of drug-likeness (QED) is 0.932. The third-order valence-corrected chi connectivity index (χ3v) is 4.59. The highest BCUT2D eigenvalue weighted by Crippen LogP contribution is 2.38. The average Bonchev–Trinajstić information content (AvgIpc) is 3.07. The Morgan fingerprint density at radius 1 is 1.41 bits per heavy atom. The molecule has 1 saturated heterocycles. The zero-order valence-electron chi connectivity index (χ0n) is 13.7. The smallest absolute Gasteiger partial charge is 0.407 e. The number of fused-ring (bicyclic) bond motifs is 1. The minimum atomic E-state index is -0.441. The van der Waals surface area contributed by atoms with Crippen LogP contribution in [0.15, 0.2) is 22.8 Å². The van der Waals surface area contributed by atoms with E-state index < -0.39 is 5.60 Å². The van der Waals surface area contributed by atoms with Crippen molar-refractivity contribution in [3.63, 3.8) is 0 Å². The van der Waals surface area contributed by atoms with Gasteiger partial charge in [-0.1, -0.05) is 0 Å². The predicted molar refractivity (Wildman–Crippen MR) is 83.4 cm³/mol. The molecule has 0 unspecified atom stereocenters.